The zero-order valence-corrected chi connectivity index (χ0v) is 11.5. The lowest BCUT2D eigenvalue weighted by atomic mass is 9.87. The Kier molecular flexibility index (Phi) is 3.43. The van der Waals surface area contributed by atoms with Crippen LogP contribution >= 0.6 is 0 Å². The second kappa shape index (κ2) is 5.24. The molecule has 0 bridgehead atoms. The van der Waals surface area contributed by atoms with E-state index in [-0.39, 0.29) is 11.8 Å². The highest BCUT2D eigenvalue weighted by molar-refractivity contribution is 5.49. The Morgan fingerprint density at radius 2 is 2.40 bits per heavy atom. The highest BCUT2D eigenvalue weighted by atomic mass is 16.3. The van der Waals surface area contributed by atoms with E-state index in [0.29, 0.717) is 23.2 Å². The van der Waals surface area contributed by atoms with Gasteiger partial charge in [-0.05, 0) is 32.1 Å². The molecular weight excluding hydrogens is 258 g/mol. The van der Waals surface area contributed by atoms with Gasteiger partial charge in [0.05, 0.1) is 6.10 Å². The number of aryl methyl sites for hydroxylation is 1. The van der Waals surface area contributed by atoms with E-state index in [2.05, 4.69) is 20.5 Å². The number of fused-ring (bicyclic) bond motifs is 1. The molecule has 7 heteroatoms. The van der Waals surface area contributed by atoms with Crippen molar-refractivity contribution in [3.63, 3.8) is 0 Å². The zero-order chi connectivity index (χ0) is 14.1. The minimum atomic E-state index is -0.271. The maximum atomic E-state index is 11.5. The van der Waals surface area contributed by atoms with Gasteiger partial charge in [-0.1, -0.05) is 6.42 Å². The summed E-state index contributed by atoms with van der Waals surface area (Å²) < 4.78 is 1.44. The Labute approximate surface area is 116 Å². The van der Waals surface area contributed by atoms with Crippen molar-refractivity contribution in [1.82, 2.24) is 19.6 Å². The molecule has 0 amide bonds. The maximum Gasteiger partial charge on any atom is 0.349 e. The molecule has 2 atom stereocenters. The van der Waals surface area contributed by atoms with E-state index in [0.717, 1.165) is 32.2 Å². The van der Waals surface area contributed by atoms with Crippen LogP contribution in [-0.2, 0) is 0 Å². The molecule has 0 aromatic carbocycles. The minimum absolute atomic E-state index is 0.169. The lowest BCUT2D eigenvalue weighted by Gasteiger charge is -2.26. The maximum absolute atomic E-state index is 11.5. The monoisotopic (exact) mass is 277 g/mol. The molecule has 3 rings (SSSR count). The third-order valence-electron chi connectivity index (χ3n) is 3.90. The second-order valence-corrected chi connectivity index (χ2v) is 5.48. The van der Waals surface area contributed by atoms with Crippen molar-refractivity contribution in [2.24, 2.45) is 5.92 Å². The molecular formula is C13H19N5O2. The molecule has 1 fully saturated rings. The summed E-state index contributed by atoms with van der Waals surface area (Å²) in [6.45, 7) is 2.56. The summed E-state index contributed by atoms with van der Waals surface area (Å²) in [7, 11) is 0. The number of aliphatic hydroxyl groups excluding tert-OH is 1. The number of aromatic amines is 1. The van der Waals surface area contributed by atoms with Gasteiger partial charge in [-0.2, -0.15) is 5.10 Å². The molecule has 1 aliphatic rings. The number of nitrogens with one attached hydrogen (secondary N) is 2. The molecule has 1 aliphatic carbocycles. The summed E-state index contributed by atoms with van der Waals surface area (Å²) in [5.74, 6) is 1.79. The topological polar surface area (TPSA) is 95.3 Å². The first-order valence-electron chi connectivity index (χ1n) is 7.00. The molecule has 0 saturated heterocycles. The van der Waals surface area contributed by atoms with E-state index in [1.54, 1.807) is 13.0 Å². The first-order chi connectivity index (χ1) is 9.63. The first kappa shape index (κ1) is 13.1. The lowest BCUT2D eigenvalue weighted by Crippen LogP contribution is -2.25. The van der Waals surface area contributed by atoms with Gasteiger partial charge in [0, 0.05) is 12.6 Å². The summed E-state index contributed by atoms with van der Waals surface area (Å²) in [5.41, 5.74) is 0.292. The summed E-state index contributed by atoms with van der Waals surface area (Å²) in [4.78, 5) is 15.9. The van der Waals surface area contributed by atoms with Gasteiger partial charge in [0.2, 0.25) is 0 Å². The molecule has 2 aromatic heterocycles. The molecule has 2 unspecified atom stereocenters. The summed E-state index contributed by atoms with van der Waals surface area (Å²) >= 11 is 0. The van der Waals surface area contributed by atoms with Gasteiger partial charge in [0.25, 0.3) is 0 Å². The summed E-state index contributed by atoms with van der Waals surface area (Å²) in [6, 6.07) is 1.75. The van der Waals surface area contributed by atoms with Gasteiger partial charge in [-0.3, -0.25) is 0 Å². The third-order valence-corrected chi connectivity index (χ3v) is 3.90. The molecule has 1 saturated carbocycles. The first-order valence-corrected chi connectivity index (χ1v) is 7.00. The average Bonchev–Trinajstić information content (AvgIpc) is 2.79. The Morgan fingerprint density at radius 1 is 1.55 bits per heavy atom. The normalized spacial score (nSPS) is 23.1. The Balaban J connectivity index is 1.73. The number of hydrogen-bond donors (Lipinski definition) is 3. The number of anilines is 1. The van der Waals surface area contributed by atoms with Gasteiger partial charge < -0.3 is 10.4 Å². The van der Waals surface area contributed by atoms with Crippen molar-refractivity contribution in [2.75, 3.05) is 11.9 Å². The van der Waals surface area contributed by atoms with Crippen LogP contribution in [0.1, 0.15) is 31.5 Å². The zero-order valence-electron chi connectivity index (χ0n) is 11.5. The predicted octanol–water partition coefficient (Wildman–Crippen LogP) is 0.689. The minimum Gasteiger partial charge on any atom is -0.393 e. The standard InChI is InChI=1S/C13H19N5O2/c1-8-15-11(6-12-16-17-13(20)18(8)12)14-7-9-3-2-4-10(19)5-9/h6,9-10,14,19H,2-5,7H2,1H3,(H,17,20). The van der Waals surface area contributed by atoms with E-state index < -0.39 is 0 Å². The molecule has 2 heterocycles. The fraction of sp³-hybridized carbons (Fsp3) is 0.615. The van der Waals surface area contributed by atoms with E-state index in [1.807, 2.05) is 0 Å². The molecule has 108 valence electrons. The van der Waals surface area contributed by atoms with E-state index in [4.69, 9.17) is 0 Å². The Hall–Kier alpha value is -1.89. The number of aromatic nitrogens is 4. The van der Waals surface area contributed by atoms with Crippen LogP contribution in [0.15, 0.2) is 10.9 Å². The van der Waals surface area contributed by atoms with E-state index in [9.17, 15) is 9.90 Å². The quantitative estimate of drug-likeness (QED) is 0.767. The second-order valence-electron chi connectivity index (χ2n) is 5.48. The van der Waals surface area contributed by atoms with Gasteiger partial charge in [-0.25, -0.2) is 19.3 Å². The molecule has 0 spiro atoms. The van der Waals surface area contributed by atoms with Crippen LogP contribution in [0.2, 0.25) is 0 Å². The molecule has 2 aromatic rings. The summed E-state index contributed by atoms with van der Waals surface area (Å²) in [6.07, 6.45) is 3.80. The van der Waals surface area contributed by atoms with Crippen LogP contribution < -0.4 is 11.0 Å². The van der Waals surface area contributed by atoms with Crippen LogP contribution in [0.4, 0.5) is 5.82 Å². The summed E-state index contributed by atoms with van der Waals surface area (Å²) in [5, 5.41) is 19.3. The van der Waals surface area contributed by atoms with Gasteiger partial charge >= 0.3 is 5.69 Å². The SMILES string of the molecule is Cc1nc(NCC2CCCC(O)C2)cc2n[nH]c(=O)n12. The number of hydrogen-bond acceptors (Lipinski definition) is 5. The van der Waals surface area contributed by atoms with Gasteiger partial charge in [-0.15, -0.1) is 0 Å². The molecule has 20 heavy (non-hydrogen) atoms. The van der Waals surface area contributed by atoms with Crippen molar-refractivity contribution in [2.45, 2.75) is 38.7 Å². The average molecular weight is 277 g/mol. The van der Waals surface area contributed by atoms with Crippen molar-refractivity contribution in [1.29, 1.82) is 0 Å². The van der Waals surface area contributed by atoms with Gasteiger partial charge in [0.15, 0.2) is 5.65 Å². The van der Waals surface area contributed by atoms with Crippen LogP contribution in [0.3, 0.4) is 0 Å². The molecule has 3 N–H and O–H groups in total. The lowest BCUT2D eigenvalue weighted by molar-refractivity contribution is 0.104. The highest BCUT2D eigenvalue weighted by Gasteiger charge is 2.20. The Morgan fingerprint density at radius 3 is 3.20 bits per heavy atom. The Bertz CT molecular complexity index is 662. The highest BCUT2D eigenvalue weighted by Crippen LogP contribution is 2.24. The predicted molar refractivity (Wildman–Crippen MR) is 74.8 cm³/mol. The van der Waals surface area contributed by atoms with E-state index >= 15 is 0 Å². The van der Waals surface area contributed by atoms with Crippen LogP contribution in [0.25, 0.3) is 5.65 Å². The molecule has 0 radical (unpaired) electrons. The van der Waals surface area contributed by atoms with Crippen molar-refractivity contribution < 1.29 is 5.11 Å². The smallest absolute Gasteiger partial charge is 0.349 e. The van der Waals surface area contributed by atoms with Crippen LogP contribution in [-0.4, -0.2) is 37.3 Å². The molecule has 7 nitrogen and oxygen atoms in total. The van der Waals surface area contributed by atoms with Crippen LogP contribution in [0.5, 0.6) is 0 Å². The van der Waals surface area contributed by atoms with Crippen molar-refractivity contribution >= 4 is 11.5 Å². The number of H-pyrrole nitrogens is 1. The largest absolute Gasteiger partial charge is 0.393 e. The van der Waals surface area contributed by atoms with Crippen molar-refractivity contribution in [3.05, 3.63) is 22.4 Å². The fourth-order valence-electron chi connectivity index (χ4n) is 2.89. The number of nitrogens with zero attached hydrogens (tertiary/aromatic N) is 3. The molecule has 0 aliphatic heterocycles. The van der Waals surface area contributed by atoms with Crippen molar-refractivity contribution in [3.8, 4) is 0 Å². The third kappa shape index (κ3) is 2.53. The number of aliphatic hydroxyl groups is 1. The fourth-order valence-corrected chi connectivity index (χ4v) is 2.89. The van der Waals surface area contributed by atoms with E-state index in [1.165, 1.54) is 4.40 Å². The van der Waals surface area contributed by atoms with Crippen LogP contribution in [0, 0.1) is 12.8 Å². The van der Waals surface area contributed by atoms with Gasteiger partial charge in [0.1, 0.15) is 11.6 Å². The number of rotatable bonds is 3.